The number of hydrogen-bond donors (Lipinski definition) is 1. The molecule has 7 nitrogen and oxygen atoms in total. The molecule has 0 radical (unpaired) electrons. The number of aromatic nitrogens is 4. The van der Waals surface area contributed by atoms with Gasteiger partial charge in [0.2, 0.25) is 5.91 Å². The summed E-state index contributed by atoms with van der Waals surface area (Å²) in [4.78, 5) is 21.9. The molecule has 0 aliphatic carbocycles. The summed E-state index contributed by atoms with van der Waals surface area (Å²) < 4.78 is 39.3. The Labute approximate surface area is 164 Å². The lowest BCUT2D eigenvalue weighted by Crippen LogP contribution is -2.41. The van der Waals surface area contributed by atoms with E-state index in [0.717, 1.165) is 11.1 Å². The van der Waals surface area contributed by atoms with Crippen LogP contribution in [0.25, 0.3) is 16.8 Å². The molecule has 0 aromatic carbocycles. The van der Waals surface area contributed by atoms with Crippen molar-refractivity contribution in [3.8, 4) is 11.1 Å². The molecular weight excluding hydrogens is 385 g/mol. The summed E-state index contributed by atoms with van der Waals surface area (Å²) in [6.07, 6.45) is 2.30. The molecule has 0 spiro atoms. The standard InChI is InChI=1S/C19H19F3N6O/c20-19(21,22)10-17(29)27-8-1-2-14(27)11-24-16-5-9-28-18(26-16)15(12-25-28)13-3-6-23-7-4-13/h3-7,9,12,14H,1-2,8,10-11H2,(H,24,26)/t14-/m0/s1. The number of halogens is 3. The summed E-state index contributed by atoms with van der Waals surface area (Å²) in [5, 5.41) is 7.44. The van der Waals surface area contributed by atoms with Crippen LogP contribution in [0.5, 0.6) is 0 Å². The molecule has 1 fully saturated rings. The third-order valence-corrected chi connectivity index (χ3v) is 4.93. The van der Waals surface area contributed by atoms with Crippen molar-refractivity contribution < 1.29 is 18.0 Å². The van der Waals surface area contributed by atoms with Gasteiger partial charge in [-0.1, -0.05) is 0 Å². The van der Waals surface area contributed by atoms with Gasteiger partial charge < -0.3 is 10.2 Å². The Hall–Kier alpha value is -3.17. The number of carbonyl (C=O) groups is 1. The number of likely N-dealkylation sites (tertiary alicyclic amines) is 1. The van der Waals surface area contributed by atoms with Crippen LogP contribution in [-0.4, -0.2) is 55.7 Å². The van der Waals surface area contributed by atoms with Crippen LogP contribution >= 0.6 is 0 Å². The molecule has 0 saturated carbocycles. The number of carbonyl (C=O) groups excluding carboxylic acids is 1. The molecule has 1 N–H and O–H groups in total. The van der Waals surface area contributed by atoms with E-state index < -0.39 is 18.5 Å². The first kappa shape index (κ1) is 19.2. The van der Waals surface area contributed by atoms with Crippen molar-refractivity contribution in [3.63, 3.8) is 0 Å². The molecule has 0 unspecified atom stereocenters. The van der Waals surface area contributed by atoms with E-state index in [1.165, 1.54) is 4.90 Å². The van der Waals surface area contributed by atoms with Crippen molar-refractivity contribution in [1.29, 1.82) is 0 Å². The van der Waals surface area contributed by atoms with Gasteiger partial charge in [-0.05, 0) is 36.6 Å². The Morgan fingerprint density at radius 3 is 2.79 bits per heavy atom. The van der Waals surface area contributed by atoms with Crippen molar-refractivity contribution in [1.82, 2.24) is 24.5 Å². The fourth-order valence-corrected chi connectivity index (χ4v) is 3.57. The number of nitrogens with one attached hydrogen (secondary N) is 1. The molecule has 4 heterocycles. The molecule has 4 rings (SSSR count). The average Bonchev–Trinajstić information content (AvgIpc) is 3.32. The highest BCUT2D eigenvalue weighted by Gasteiger charge is 2.37. The van der Waals surface area contributed by atoms with E-state index >= 15 is 0 Å². The fourth-order valence-electron chi connectivity index (χ4n) is 3.57. The Morgan fingerprint density at radius 1 is 1.24 bits per heavy atom. The number of hydrogen-bond acceptors (Lipinski definition) is 5. The summed E-state index contributed by atoms with van der Waals surface area (Å²) in [7, 11) is 0. The first-order valence-electron chi connectivity index (χ1n) is 9.25. The second-order valence-corrected chi connectivity index (χ2v) is 6.93. The van der Waals surface area contributed by atoms with Gasteiger partial charge in [0.15, 0.2) is 5.65 Å². The highest BCUT2D eigenvalue weighted by molar-refractivity contribution is 5.78. The first-order valence-corrected chi connectivity index (χ1v) is 9.25. The maximum Gasteiger partial charge on any atom is 0.397 e. The number of anilines is 1. The fraction of sp³-hybridized carbons (Fsp3) is 0.368. The summed E-state index contributed by atoms with van der Waals surface area (Å²) in [5.74, 6) is -0.301. The number of fused-ring (bicyclic) bond motifs is 1. The monoisotopic (exact) mass is 404 g/mol. The van der Waals surface area contributed by atoms with E-state index in [0.29, 0.717) is 37.4 Å². The van der Waals surface area contributed by atoms with Gasteiger partial charge in [-0.2, -0.15) is 18.3 Å². The van der Waals surface area contributed by atoms with E-state index in [1.54, 1.807) is 35.4 Å². The molecular formula is C19H19F3N6O. The van der Waals surface area contributed by atoms with Gasteiger partial charge in [-0.15, -0.1) is 0 Å². The van der Waals surface area contributed by atoms with Crippen molar-refractivity contribution >= 4 is 17.4 Å². The van der Waals surface area contributed by atoms with Crippen molar-refractivity contribution in [2.45, 2.75) is 31.5 Å². The summed E-state index contributed by atoms with van der Waals surface area (Å²) in [5.41, 5.74) is 2.43. The van der Waals surface area contributed by atoms with Crippen LogP contribution in [0.2, 0.25) is 0 Å². The zero-order valence-electron chi connectivity index (χ0n) is 15.4. The summed E-state index contributed by atoms with van der Waals surface area (Å²) in [6, 6.07) is 5.18. The number of amides is 1. The first-order chi connectivity index (χ1) is 13.9. The van der Waals surface area contributed by atoms with Crippen molar-refractivity contribution in [2.75, 3.05) is 18.4 Å². The zero-order chi connectivity index (χ0) is 20.4. The van der Waals surface area contributed by atoms with Crippen molar-refractivity contribution in [2.24, 2.45) is 0 Å². The highest BCUT2D eigenvalue weighted by atomic mass is 19.4. The van der Waals surface area contributed by atoms with Gasteiger partial charge >= 0.3 is 6.18 Å². The number of nitrogens with zero attached hydrogens (tertiary/aromatic N) is 5. The molecule has 3 aromatic heterocycles. The number of alkyl halides is 3. The predicted molar refractivity (Wildman–Crippen MR) is 100 cm³/mol. The number of rotatable bonds is 5. The molecule has 1 aliphatic rings. The molecule has 1 saturated heterocycles. The molecule has 1 amide bonds. The minimum Gasteiger partial charge on any atom is -0.368 e. The lowest BCUT2D eigenvalue weighted by atomic mass is 10.1. The van der Waals surface area contributed by atoms with Gasteiger partial charge in [-0.3, -0.25) is 9.78 Å². The van der Waals surface area contributed by atoms with Gasteiger partial charge in [0.1, 0.15) is 12.2 Å². The van der Waals surface area contributed by atoms with Crippen LogP contribution < -0.4 is 5.32 Å². The Balaban J connectivity index is 1.48. The Bertz CT molecular complexity index is 1000. The summed E-state index contributed by atoms with van der Waals surface area (Å²) in [6.45, 7) is 0.689. The summed E-state index contributed by atoms with van der Waals surface area (Å²) >= 11 is 0. The van der Waals surface area contributed by atoms with E-state index in [4.69, 9.17) is 0 Å². The molecule has 3 aromatic rings. The maximum absolute atomic E-state index is 12.5. The SMILES string of the molecule is O=C(CC(F)(F)F)N1CCC[C@H]1CNc1ccn2ncc(-c3ccncc3)c2n1. The number of pyridine rings is 1. The van der Waals surface area contributed by atoms with Crippen LogP contribution in [0.15, 0.2) is 43.0 Å². The third-order valence-electron chi connectivity index (χ3n) is 4.93. The van der Waals surface area contributed by atoms with E-state index in [-0.39, 0.29) is 6.04 Å². The topological polar surface area (TPSA) is 75.4 Å². The van der Waals surface area contributed by atoms with Crippen LogP contribution in [0.4, 0.5) is 19.0 Å². The Kier molecular flexibility index (Phi) is 5.08. The van der Waals surface area contributed by atoms with Gasteiger partial charge in [0.25, 0.3) is 0 Å². The molecule has 29 heavy (non-hydrogen) atoms. The van der Waals surface area contributed by atoms with Gasteiger partial charge in [0.05, 0.1) is 6.20 Å². The van der Waals surface area contributed by atoms with Gasteiger partial charge in [0, 0.05) is 43.3 Å². The lowest BCUT2D eigenvalue weighted by molar-refractivity contribution is -0.161. The molecule has 1 aliphatic heterocycles. The minimum atomic E-state index is -4.49. The predicted octanol–water partition coefficient (Wildman–Crippen LogP) is 3.15. The normalized spacial score (nSPS) is 17.1. The van der Waals surface area contributed by atoms with E-state index in [9.17, 15) is 18.0 Å². The second kappa shape index (κ2) is 7.69. The Morgan fingerprint density at radius 2 is 2.03 bits per heavy atom. The molecule has 10 heteroatoms. The van der Waals surface area contributed by atoms with Crippen LogP contribution in [0.1, 0.15) is 19.3 Å². The van der Waals surface area contributed by atoms with Gasteiger partial charge in [-0.25, -0.2) is 9.50 Å². The van der Waals surface area contributed by atoms with Crippen LogP contribution in [0, 0.1) is 0 Å². The zero-order valence-corrected chi connectivity index (χ0v) is 15.4. The second-order valence-electron chi connectivity index (χ2n) is 6.93. The molecule has 1 atom stereocenters. The smallest absolute Gasteiger partial charge is 0.368 e. The van der Waals surface area contributed by atoms with E-state index in [2.05, 4.69) is 20.4 Å². The lowest BCUT2D eigenvalue weighted by Gasteiger charge is -2.25. The van der Waals surface area contributed by atoms with Crippen molar-refractivity contribution in [3.05, 3.63) is 43.0 Å². The van der Waals surface area contributed by atoms with E-state index in [1.807, 2.05) is 12.1 Å². The minimum absolute atomic E-state index is 0.285. The molecule has 152 valence electrons. The molecule has 0 bridgehead atoms. The average molecular weight is 404 g/mol. The largest absolute Gasteiger partial charge is 0.397 e. The maximum atomic E-state index is 12.5. The van der Waals surface area contributed by atoms with Crippen LogP contribution in [-0.2, 0) is 4.79 Å². The highest BCUT2D eigenvalue weighted by Crippen LogP contribution is 2.26. The quantitative estimate of drug-likeness (QED) is 0.707. The third kappa shape index (κ3) is 4.30. The van der Waals surface area contributed by atoms with Crippen LogP contribution in [0.3, 0.4) is 0 Å².